The van der Waals surface area contributed by atoms with E-state index in [1.165, 1.54) is 10.4 Å². The molecule has 2 rings (SSSR count). The van der Waals surface area contributed by atoms with Crippen LogP contribution in [0.15, 0.2) is 33.6 Å². The molecule has 1 aliphatic heterocycles. The molecule has 20 heavy (non-hydrogen) atoms. The van der Waals surface area contributed by atoms with Gasteiger partial charge in [0.15, 0.2) is 0 Å². The van der Waals surface area contributed by atoms with Gasteiger partial charge in [0.2, 0.25) is 10.0 Å². The third-order valence-corrected chi connectivity index (χ3v) is 5.97. The van der Waals surface area contributed by atoms with Crippen LogP contribution in [0.25, 0.3) is 0 Å². The standard InChI is InChI=1S/C12H14BrNO5S/c13-10-3-1-2-4-11(10)20(17,18)14-5-6-19-8-9(14)7-12(15)16/h1-4,9H,5-8H2,(H,15,16). The fourth-order valence-corrected chi connectivity index (χ4v) is 4.66. The summed E-state index contributed by atoms with van der Waals surface area (Å²) in [6.07, 6.45) is -0.274. The molecule has 1 N–H and O–H groups in total. The number of carboxylic acids is 1. The molecule has 0 amide bonds. The number of carbonyl (C=O) groups is 1. The highest BCUT2D eigenvalue weighted by Gasteiger charge is 2.36. The van der Waals surface area contributed by atoms with E-state index in [4.69, 9.17) is 9.84 Å². The molecule has 0 aliphatic carbocycles. The molecule has 1 saturated heterocycles. The average Bonchev–Trinajstić information content (AvgIpc) is 2.38. The first-order chi connectivity index (χ1) is 9.43. The Balaban J connectivity index is 2.36. The fourth-order valence-electron chi connectivity index (χ4n) is 2.10. The zero-order chi connectivity index (χ0) is 14.8. The van der Waals surface area contributed by atoms with Crippen molar-refractivity contribution in [1.82, 2.24) is 4.31 Å². The van der Waals surface area contributed by atoms with Gasteiger partial charge < -0.3 is 9.84 Å². The lowest BCUT2D eigenvalue weighted by molar-refractivity contribution is -0.139. The minimum absolute atomic E-state index is 0.0932. The third kappa shape index (κ3) is 3.20. The number of morpholine rings is 1. The van der Waals surface area contributed by atoms with Gasteiger partial charge in [-0.15, -0.1) is 0 Å². The second-order valence-electron chi connectivity index (χ2n) is 4.37. The summed E-state index contributed by atoms with van der Waals surface area (Å²) >= 11 is 3.22. The van der Waals surface area contributed by atoms with Gasteiger partial charge >= 0.3 is 5.97 Å². The summed E-state index contributed by atoms with van der Waals surface area (Å²) in [5.41, 5.74) is 0. The summed E-state index contributed by atoms with van der Waals surface area (Å²) in [5.74, 6) is -1.05. The zero-order valence-corrected chi connectivity index (χ0v) is 12.9. The Hall–Kier alpha value is -0.960. The van der Waals surface area contributed by atoms with Crippen LogP contribution in [0.1, 0.15) is 6.42 Å². The van der Waals surface area contributed by atoms with Crippen LogP contribution in [0.3, 0.4) is 0 Å². The maximum Gasteiger partial charge on any atom is 0.305 e. The Morgan fingerprint density at radius 3 is 2.80 bits per heavy atom. The molecule has 6 nitrogen and oxygen atoms in total. The molecule has 1 aliphatic rings. The largest absolute Gasteiger partial charge is 0.481 e. The molecule has 1 fully saturated rings. The Morgan fingerprint density at radius 2 is 2.15 bits per heavy atom. The minimum atomic E-state index is -3.74. The van der Waals surface area contributed by atoms with E-state index >= 15 is 0 Å². The van der Waals surface area contributed by atoms with Crippen LogP contribution in [-0.2, 0) is 19.6 Å². The molecule has 1 heterocycles. The van der Waals surface area contributed by atoms with Gasteiger partial charge in [0.05, 0.1) is 30.6 Å². The van der Waals surface area contributed by atoms with Crippen LogP contribution in [0.4, 0.5) is 0 Å². The van der Waals surface area contributed by atoms with Gasteiger partial charge in [-0.2, -0.15) is 4.31 Å². The molecule has 8 heteroatoms. The van der Waals surface area contributed by atoms with Gasteiger partial charge in [0.25, 0.3) is 0 Å². The molecule has 1 unspecified atom stereocenters. The molecule has 110 valence electrons. The molecule has 0 saturated carbocycles. The maximum absolute atomic E-state index is 12.6. The highest BCUT2D eigenvalue weighted by atomic mass is 79.9. The van der Waals surface area contributed by atoms with Crippen LogP contribution in [0, 0.1) is 0 Å². The topological polar surface area (TPSA) is 83.9 Å². The zero-order valence-electron chi connectivity index (χ0n) is 10.5. The number of ether oxygens (including phenoxy) is 1. The van der Waals surface area contributed by atoms with Crippen molar-refractivity contribution >= 4 is 31.9 Å². The van der Waals surface area contributed by atoms with E-state index < -0.39 is 22.0 Å². The predicted octanol–water partition coefficient (Wildman–Crippen LogP) is 1.31. The number of rotatable bonds is 4. The maximum atomic E-state index is 12.6. The van der Waals surface area contributed by atoms with E-state index in [1.807, 2.05) is 0 Å². The first-order valence-electron chi connectivity index (χ1n) is 5.99. The number of nitrogens with zero attached hydrogens (tertiary/aromatic N) is 1. The van der Waals surface area contributed by atoms with E-state index in [2.05, 4.69) is 15.9 Å². The normalized spacial score (nSPS) is 20.8. The Bertz CT molecular complexity index is 604. The van der Waals surface area contributed by atoms with Crippen molar-refractivity contribution in [2.45, 2.75) is 17.4 Å². The molecule has 1 aromatic carbocycles. The van der Waals surface area contributed by atoms with E-state index in [0.29, 0.717) is 4.47 Å². The van der Waals surface area contributed by atoms with Crippen LogP contribution in [-0.4, -0.2) is 49.6 Å². The van der Waals surface area contributed by atoms with E-state index in [1.54, 1.807) is 18.2 Å². The smallest absolute Gasteiger partial charge is 0.305 e. The molecule has 0 radical (unpaired) electrons. The van der Waals surface area contributed by atoms with Gasteiger partial charge in [-0.05, 0) is 28.1 Å². The SMILES string of the molecule is O=C(O)CC1COCCN1S(=O)(=O)c1ccccc1Br. The number of halogens is 1. The van der Waals surface area contributed by atoms with Crippen molar-refractivity contribution in [3.8, 4) is 0 Å². The number of hydrogen-bond donors (Lipinski definition) is 1. The first kappa shape index (κ1) is 15.4. The minimum Gasteiger partial charge on any atom is -0.481 e. The Morgan fingerprint density at radius 1 is 1.45 bits per heavy atom. The van der Waals surface area contributed by atoms with E-state index in [0.717, 1.165) is 0 Å². The fraction of sp³-hybridized carbons (Fsp3) is 0.417. The van der Waals surface area contributed by atoms with Gasteiger partial charge in [0.1, 0.15) is 0 Å². The summed E-state index contributed by atoms with van der Waals surface area (Å²) in [6.45, 7) is 0.511. The van der Waals surface area contributed by atoms with Crippen LogP contribution in [0.2, 0.25) is 0 Å². The Labute approximate surface area is 125 Å². The Kier molecular flexibility index (Phi) is 4.79. The molecular formula is C12H14BrNO5S. The number of benzene rings is 1. The van der Waals surface area contributed by atoms with Crippen LogP contribution in [0.5, 0.6) is 0 Å². The summed E-state index contributed by atoms with van der Waals surface area (Å²) in [6, 6.07) is 5.80. The number of aliphatic carboxylic acids is 1. The van der Waals surface area contributed by atoms with E-state index in [9.17, 15) is 13.2 Å². The lowest BCUT2D eigenvalue weighted by Crippen LogP contribution is -2.49. The number of sulfonamides is 1. The van der Waals surface area contributed by atoms with Crippen molar-refractivity contribution in [1.29, 1.82) is 0 Å². The van der Waals surface area contributed by atoms with Crippen LogP contribution >= 0.6 is 15.9 Å². The molecular weight excluding hydrogens is 350 g/mol. The molecule has 0 bridgehead atoms. The lowest BCUT2D eigenvalue weighted by Gasteiger charge is -2.33. The third-order valence-electron chi connectivity index (χ3n) is 3.01. The monoisotopic (exact) mass is 363 g/mol. The first-order valence-corrected chi connectivity index (χ1v) is 8.22. The second-order valence-corrected chi connectivity index (χ2v) is 7.09. The molecule has 0 spiro atoms. The lowest BCUT2D eigenvalue weighted by atomic mass is 10.2. The van der Waals surface area contributed by atoms with Crippen molar-refractivity contribution < 1.29 is 23.1 Å². The summed E-state index contributed by atoms with van der Waals surface area (Å²) in [7, 11) is -3.74. The van der Waals surface area contributed by atoms with E-state index in [-0.39, 0.29) is 31.1 Å². The van der Waals surface area contributed by atoms with Crippen molar-refractivity contribution in [2.24, 2.45) is 0 Å². The van der Waals surface area contributed by atoms with Crippen molar-refractivity contribution in [2.75, 3.05) is 19.8 Å². The molecule has 1 aromatic rings. The second kappa shape index (κ2) is 6.21. The predicted molar refractivity (Wildman–Crippen MR) is 74.9 cm³/mol. The summed E-state index contributed by atoms with van der Waals surface area (Å²) in [5, 5.41) is 8.89. The molecule has 0 aromatic heterocycles. The summed E-state index contributed by atoms with van der Waals surface area (Å²) in [4.78, 5) is 11.0. The van der Waals surface area contributed by atoms with Gasteiger partial charge in [-0.3, -0.25) is 4.79 Å². The average molecular weight is 364 g/mol. The van der Waals surface area contributed by atoms with Gasteiger partial charge in [-0.1, -0.05) is 12.1 Å². The van der Waals surface area contributed by atoms with Crippen molar-refractivity contribution in [3.63, 3.8) is 0 Å². The van der Waals surface area contributed by atoms with Crippen molar-refractivity contribution in [3.05, 3.63) is 28.7 Å². The van der Waals surface area contributed by atoms with Crippen LogP contribution < -0.4 is 0 Å². The quantitative estimate of drug-likeness (QED) is 0.871. The van der Waals surface area contributed by atoms with Gasteiger partial charge in [0, 0.05) is 11.0 Å². The summed E-state index contributed by atoms with van der Waals surface area (Å²) < 4.78 is 32.2. The highest BCUT2D eigenvalue weighted by molar-refractivity contribution is 9.10. The number of hydrogen-bond acceptors (Lipinski definition) is 4. The van der Waals surface area contributed by atoms with Gasteiger partial charge in [-0.25, -0.2) is 8.42 Å². The highest BCUT2D eigenvalue weighted by Crippen LogP contribution is 2.27. The number of carboxylic acid groups (broad SMARTS) is 1. The molecule has 1 atom stereocenters.